The van der Waals surface area contributed by atoms with Crippen molar-refractivity contribution in [2.24, 2.45) is 0 Å². The molecule has 1 amide bonds. The molecule has 1 atom stereocenters. The van der Waals surface area contributed by atoms with E-state index in [0.717, 1.165) is 16.9 Å². The van der Waals surface area contributed by atoms with Gasteiger partial charge in [-0.3, -0.25) is 4.79 Å². The molecule has 1 aromatic heterocycles. The zero-order valence-electron chi connectivity index (χ0n) is 15.7. The van der Waals surface area contributed by atoms with Crippen molar-refractivity contribution < 1.29 is 14.6 Å². The Bertz CT molecular complexity index is 925. The summed E-state index contributed by atoms with van der Waals surface area (Å²) in [5.41, 5.74) is 3.06. The minimum atomic E-state index is -0.595. The van der Waals surface area contributed by atoms with Gasteiger partial charge >= 0.3 is 0 Å². The summed E-state index contributed by atoms with van der Waals surface area (Å²) >= 11 is 0. The molecule has 7 nitrogen and oxygen atoms in total. The number of nitrogens with zero attached hydrogens (tertiary/aromatic N) is 2. The van der Waals surface area contributed by atoms with Crippen LogP contribution in [0.5, 0.6) is 5.75 Å². The molecule has 0 saturated heterocycles. The molecule has 7 heteroatoms. The Balaban J connectivity index is 1.68. The highest BCUT2D eigenvalue weighted by atomic mass is 16.5. The number of hydrogen-bond donors (Lipinski definition) is 3. The number of aliphatic hydroxyl groups is 1. The van der Waals surface area contributed by atoms with Crippen molar-refractivity contribution in [3.63, 3.8) is 0 Å². The largest absolute Gasteiger partial charge is 0.497 e. The number of methoxy groups -OCH3 is 1. The zero-order chi connectivity index (χ0) is 19.9. The van der Waals surface area contributed by atoms with E-state index >= 15 is 0 Å². The van der Waals surface area contributed by atoms with Gasteiger partial charge in [0.05, 0.1) is 13.2 Å². The number of ether oxygens (including phenoxy) is 1. The van der Waals surface area contributed by atoms with Gasteiger partial charge in [0, 0.05) is 35.8 Å². The van der Waals surface area contributed by atoms with Crippen LogP contribution in [-0.4, -0.2) is 40.7 Å². The number of benzene rings is 2. The highest BCUT2D eigenvalue weighted by Gasteiger charge is 2.08. The first-order chi connectivity index (χ1) is 13.5. The molecule has 0 aliphatic rings. The molecule has 0 spiro atoms. The molecule has 1 unspecified atom stereocenters. The van der Waals surface area contributed by atoms with Crippen LogP contribution in [0.1, 0.15) is 17.3 Å². The summed E-state index contributed by atoms with van der Waals surface area (Å²) in [5.74, 6) is 0.972. The van der Waals surface area contributed by atoms with Crippen molar-refractivity contribution in [1.29, 1.82) is 0 Å². The van der Waals surface area contributed by atoms with Crippen molar-refractivity contribution in [2.75, 3.05) is 19.0 Å². The maximum Gasteiger partial charge on any atom is 0.251 e. The van der Waals surface area contributed by atoms with E-state index in [1.807, 2.05) is 30.3 Å². The van der Waals surface area contributed by atoms with Crippen molar-refractivity contribution in [2.45, 2.75) is 13.0 Å². The molecule has 2 aromatic carbocycles. The lowest BCUT2D eigenvalue weighted by Crippen LogP contribution is -2.30. The standard InChI is InChI=1S/C21H22N4O3/c1-14(26)11-22-20(27)16-4-3-5-18(10-16)25-21-23-12-17(13-24-21)15-6-8-19(28-2)9-7-15/h3-10,12-14,26H,11H2,1-2H3,(H,22,27)(H,23,24,25). The van der Waals surface area contributed by atoms with E-state index in [2.05, 4.69) is 20.6 Å². The summed E-state index contributed by atoms with van der Waals surface area (Å²) in [4.78, 5) is 20.8. The number of nitrogens with one attached hydrogen (secondary N) is 2. The number of carbonyl (C=O) groups is 1. The second-order valence-electron chi connectivity index (χ2n) is 6.29. The number of hydrogen-bond acceptors (Lipinski definition) is 6. The molecule has 0 bridgehead atoms. The molecule has 0 fully saturated rings. The quantitative estimate of drug-likeness (QED) is 0.585. The fraction of sp³-hybridized carbons (Fsp3) is 0.190. The first kappa shape index (κ1) is 19.3. The smallest absolute Gasteiger partial charge is 0.251 e. The molecule has 0 aliphatic heterocycles. The van der Waals surface area contributed by atoms with E-state index in [0.29, 0.717) is 17.2 Å². The Hall–Kier alpha value is -3.45. The predicted molar refractivity (Wildman–Crippen MR) is 108 cm³/mol. The number of anilines is 2. The summed E-state index contributed by atoms with van der Waals surface area (Å²) < 4.78 is 5.16. The molecule has 3 aromatic rings. The third kappa shape index (κ3) is 5.05. The number of aromatic nitrogens is 2. The minimum Gasteiger partial charge on any atom is -0.497 e. The van der Waals surface area contributed by atoms with Gasteiger partial charge in [-0.1, -0.05) is 18.2 Å². The van der Waals surface area contributed by atoms with Crippen LogP contribution < -0.4 is 15.4 Å². The normalized spacial score (nSPS) is 11.5. The van der Waals surface area contributed by atoms with Gasteiger partial charge < -0.3 is 20.5 Å². The molecule has 0 saturated carbocycles. The molecule has 144 valence electrons. The van der Waals surface area contributed by atoms with Crippen LogP contribution in [0.4, 0.5) is 11.6 Å². The number of rotatable bonds is 7. The maximum atomic E-state index is 12.1. The molecular formula is C21H22N4O3. The Kier molecular flexibility index (Phi) is 6.18. The van der Waals surface area contributed by atoms with Crippen LogP contribution >= 0.6 is 0 Å². The predicted octanol–water partition coefficient (Wildman–Crippen LogP) is 3.01. The first-order valence-electron chi connectivity index (χ1n) is 8.85. The van der Waals surface area contributed by atoms with E-state index in [1.165, 1.54) is 0 Å². The van der Waals surface area contributed by atoms with E-state index < -0.39 is 6.10 Å². The molecule has 3 N–H and O–H groups in total. The average molecular weight is 378 g/mol. The fourth-order valence-electron chi connectivity index (χ4n) is 2.53. The SMILES string of the molecule is COc1ccc(-c2cnc(Nc3cccc(C(=O)NCC(C)O)c3)nc2)cc1. The second-order valence-corrected chi connectivity index (χ2v) is 6.29. The lowest BCUT2D eigenvalue weighted by Gasteiger charge is -2.09. The van der Waals surface area contributed by atoms with Gasteiger partial charge in [0.1, 0.15) is 5.75 Å². The van der Waals surface area contributed by atoms with Crippen LogP contribution in [0.2, 0.25) is 0 Å². The monoisotopic (exact) mass is 378 g/mol. The molecular weight excluding hydrogens is 356 g/mol. The second kappa shape index (κ2) is 8.96. The topological polar surface area (TPSA) is 96.4 Å². The summed E-state index contributed by atoms with van der Waals surface area (Å²) in [6.07, 6.45) is 2.87. The highest BCUT2D eigenvalue weighted by molar-refractivity contribution is 5.95. The van der Waals surface area contributed by atoms with Crippen molar-refractivity contribution in [1.82, 2.24) is 15.3 Å². The van der Waals surface area contributed by atoms with Gasteiger partial charge in [0.25, 0.3) is 5.91 Å². The van der Waals surface area contributed by atoms with Crippen LogP contribution in [0.25, 0.3) is 11.1 Å². The van der Waals surface area contributed by atoms with Gasteiger partial charge in [-0.2, -0.15) is 0 Å². The Morgan fingerprint density at radius 3 is 2.46 bits per heavy atom. The number of carbonyl (C=O) groups excluding carboxylic acids is 1. The summed E-state index contributed by atoms with van der Waals surface area (Å²) in [6, 6.07) is 14.7. The summed E-state index contributed by atoms with van der Waals surface area (Å²) in [6.45, 7) is 1.82. The van der Waals surface area contributed by atoms with Gasteiger partial charge in [0.2, 0.25) is 5.95 Å². The minimum absolute atomic E-state index is 0.201. The molecule has 1 heterocycles. The van der Waals surface area contributed by atoms with Crippen molar-refractivity contribution in [3.05, 3.63) is 66.5 Å². The van der Waals surface area contributed by atoms with E-state index in [9.17, 15) is 9.90 Å². The van der Waals surface area contributed by atoms with Gasteiger partial charge in [-0.25, -0.2) is 9.97 Å². The molecule has 28 heavy (non-hydrogen) atoms. The van der Waals surface area contributed by atoms with Crippen LogP contribution in [0.15, 0.2) is 60.9 Å². The zero-order valence-corrected chi connectivity index (χ0v) is 15.7. The maximum absolute atomic E-state index is 12.1. The van der Waals surface area contributed by atoms with E-state index in [4.69, 9.17) is 4.74 Å². The van der Waals surface area contributed by atoms with Crippen molar-refractivity contribution in [3.8, 4) is 16.9 Å². The number of aliphatic hydroxyl groups excluding tert-OH is 1. The van der Waals surface area contributed by atoms with Crippen molar-refractivity contribution >= 4 is 17.5 Å². The highest BCUT2D eigenvalue weighted by Crippen LogP contribution is 2.22. The third-order valence-electron chi connectivity index (χ3n) is 4.01. The molecule has 3 rings (SSSR count). The van der Waals surface area contributed by atoms with Gasteiger partial charge in [-0.15, -0.1) is 0 Å². The van der Waals surface area contributed by atoms with Crippen LogP contribution in [0, 0.1) is 0 Å². The molecule has 0 radical (unpaired) electrons. The Morgan fingerprint density at radius 1 is 1.11 bits per heavy atom. The molecule has 0 aliphatic carbocycles. The summed E-state index contributed by atoms with van der Waals surface area (Å²) in [7, 11) is 1.63. The Morgan fingerprint density at radius 2 is 1.82 bits per heavy atom. The van der Waals surface area contributed by atoms with Crippen LogP contribution in [0.3, 0.4) is 0 Å². The number of amides is 1. The van der Waals surface area contributed by atoms with Gasteiger partial charge in [0.15, 0.2) is 0 Å². The third-order valence-corrected chi connectivity index (χ3v) is 4.01. The van der Waals surface area contributed by atoms with E-state index in [-0.39, 0.29) is 12.5 Å². The lowest BCUT2D eigenvalue weighted by atomic mass is 10.1. The van der Waals surface area contributed by atoms with Gasteiger partial charge in [-0.05, 0) is 42.8 Å². The summed E-state index contributed by atoms with van der Waals surface area (Å²) in [5, 5.41) is 15.0. The lowest BCUT2D eigenvalue weighted by molar-refractivity contribution is 0.0924. The average Bonchev–Trinajstić information content (AvgIpc) is 2.73. The fourth-order valence-corrected chi connectivity index (χ4v) is 2.53. The van der Waals surface area contributed by atoms with E-state index in [1.54, 1.807) is 44.6 Å². The Labute approximate surface area is 163 Å². The van der Waals surface area contributed by atoms with Crippen LogP contribution in [-0.2, 0) is 0 Å². The first-order valence-corrected chi connectivity index (χ1v) is 8.85.